The van der Waals surface area contributed by atoms with Crippen molar-refractivity contribution in [2.45, 2.75) is 41.0 Å². The second-order valence-corrected chi connectivity index (χ2v) is 12.0. The fourth-order valence-electron chi connectivity index (χ4n) is 5.17. The van der Waals surface area contributed by atoms with E-state index in [2.05, 4.69) is 102 Å². The largest absolute Gasteiger partial charge is 0.258 e. The van der Waals surface area contributed by atoms with E-state index in [4.69, 9.17) is 1.37 Å². The summed E-state index contributed by atoms with van der Waals surface area (Å²) in [5, 5.41) is 3.43. The molecule has 0 atom stereocenters. The number of hydrogen-bond acceptors (Lipinski definition) is 4. The maximum atomic E-state index is 8.45. The molecule has 0 amide bonds. The van der Waals surface area contributed by atoms with Crippen molar-refractivity contribution in [2.75, 3.05) is 0 Å². The zero-order valence-electron chi connectivity index (χ0n) is 22.3. The Morgan fingerprint density at radius 3 is 2.39 bits per heavy atom. The van der Waals surface area contributed by atoms with Crippen LogP contribution in [0.5, 0.6) is 0 Å². The molecule has 4 heteroatoms. The summed E-state index contributed by atoms with van der Waals surface area (Å²) < 4.78 is 10.7. The van der Waals surface area contributed by atoms with E-state index >= 15 is 0 Å². The SMILES string of the molecule is [2H]c1nc(-c2cc(-c3cc(C)nc(C)c3)c3ccccc3c2)c2sc3cc(CC(C)(C)C)ccc3c2n1. The van der Waals surface area contributed by atoms with Crippen LogP contribution in [0, 0.1) is 19.3 Å². The quantitative estimate of drug-likeness (QED) is 0.249. The number of aryl methyl sites for hydroxylation is 2. The Morgan fingerprint density at radius 2 is 1.61 bits per heavy atom. The average molecular weight is 489 g/mol. The lowest BCUT2D eigenvalue weighted by molar-refractivity contribution is 0.411. The molecule has 0 spiro atoms. The van der Waals surface area contributed by atoms with Gasteiger partial charge in [0.05, 0.1) is 15.9 Å². The minimum atomic E-state index is 0.0475. The van der Waals surface area contributed by atoms with Gasteiger partial charge < -0.3 is 0 Å². The first kappa shape index (κ1) is 21.6. The maximum absolute atomic E-state index is 8.45. The Bertz CT molecular complexity index is 1810. The summed E-state index contributed by atoms with van der Waals surface area (Å²) in [7, 11) is 0. The molecule has 0 aliphatic rings. The first-order valence-corrected chi connectivity index (χ1v) is 13.1. The van der Waals surface area contributed by atoms with Gasteiger partial charge in [0.25, 0.3) is 0 Å². The number of benzene rings is 3. The van der Waals surface area contributed by atoms with Crippen LogP contribution in [0.4, 0.5) is 0 Å². The minimum absolute atomic E-state index is 0.0475. The fourth-order valence-corrected chi connectivity index (χ4v) is 6.39. The van der Waals surface area contributed by atoms with E-state index in [0.717, 1.165) is 61.2 Å². The molecule has 0 saturated carbocycles. The van der Waals surface area contributed by atoms with Crippen molar-refractivity contribution in [1.29, 1.82) is 0 Å². The molecule has 3 aromatic heterocycles. The van der Waals surface area contributed by atoms with Gasteiger partial charge in [-0.1, -0.05) is 57.2 Å². The molecular weight excluding hydrogens is 458 g/mol. The predicted molar refractivity (Wildman–Crippen MR) is 154 cm³/mol. The number of nitrogens with zero attached hydrogens (tertiary/aromatic N) is 3. The fraction of sp³-hybridized carbons (Fsp3) is 0.219. The van der Waals surface area contributed by atoms with Crippen molar-refractivity contribution in [2.24, 2.45) is 5.41 Å². The van der Waals surface area contributed by atoms with Gasteiger partial charge in [0.1, 0.15) is 7.67 Å². The highest BCUT2D eigenvalue weighted by molar-refractivity contribution is 7.26. The van der Waals surface area contributed by atoms with Crippen LogP contribution in [-0.4, -0.2) is 15.0 Å². The smallest absolute Gasteiger partial charge is 0.116 e. The predicted octanol–water partition coefficient (Wildman–Crippen LogP) is 8.93. The molecule has 0 N–H and O–H groups in total. The third kappa shape index (κ3) is 4.16. The molecule has 3 nitrogen and oxygen atoms in total. The highest BCUT2D eigenvalue weighted by atomic mass is 32.1. The molecule has 0 saturated heterocycles. The molecule has 0 aliphatic carbocycles. The van der Waals surface area contributed by atoms with Crippen LogP contribution in [0.25, 0.3) is 53.5 Å². The van der Waals surface area contributed by atoms with E-state index in [1.54, 1.807) is 11.3 Å². The Hall–Kier alpha value is -3.63. The molecule has 0 radical (unpaired) electrons. The van der Waals surface area contributed by atoms with Crippen LogP contribution in [0.2, 0.25) is 0 Å². The Morgan fingerprint density at radius 1 is 0.833 bits per heavy atom. The van der Waals surface area contributed by atoms with Crippen molar-refractivity contribution >= 4 is 42.4 Å². The van der Waals surface area contributed by atoms with Crippen LogP contribution >= 0.6 is 11.3 Å². The Labute approximate surface area is 217 Å². The molecule has 3 heterocycles. The molecule has 6 aromatic rings. The van der Waals surface area contributed by atoms with E-state index in [-0.39, 0.29) is 11.7 Å². The Kier molecular flexibility index (Phi) is 5.10. The lowest BCUT2D eigenvalue weighted by Gasteiger charge is -2.17. The van der Waals surface area contributed by atoms with Crippen LogP contribution in [-0.2, 0) is 6.42 Å². The van der Waals surface area contributed by atoms with E-state index in [9.17, 15) is 0 Å². The molecule has 0 fully saturated rings. The van der Waals surface area contributed by atoms with Crippen LogP contribution < -0.4 is 0 Å². The molecule has 178 valence electrons. The maximum Gasteiger partial charge on any atom is 0.116 e. The van der Waals surface area contributed by atoms with Gasteiger partial charge >= 0.3 is 0 Å². The molecule has 3 aromatic carbocycles. The molecule has 6 rings (SSSR count). The highest BCUT2D eigenvalue weighted by Gasteiger charge is 2.17. The summed E-state index contributed by atoms with van der Waals surface area (Å²) in [6.07, 6.45) is 1.06. The van der Waals surface area contributed by atoms with Gasteiger partial charge in [0.15, 0.2) is 0 Å². The number of rotatable bonds is 3. The van der Waals surface area contributed by atoms with E-state index in [1.807, 2.05) is 13.8 Å². The van der Waals surface area contributed by atoms with Gasteiger partial charge in [-0.25, -0.2) is 9.97 Å². The third-order valence-corrected chi connectivity index (χ3v) is 7.68. The van der Waals surface area contributed by atoms with Gasteiger partial charge in [0, 0.05) is 27.0 Å². The zero-order chi connectivity index (χ0) is 25.9. The summed E-state index contributed by atoms with van der Waals surface area (Å²) >= 11 is 1.73. The normalized spacial score (nSPS) is 12.5. The minimum Gasteiger partial charge on any atom is -0.258 e. The molecule has 0 aliphatic heterocycles. The van der Waals surface area contributed by atoms with E-state index in [0.29, 0.717) is 0 Å². The van der Waals surface area contributed by atoms with Gasteiger partial charge in [0.2, 0.25) is 0 Å². The summed E-state index contributed by atoms with van der Waals surface area (Å²) in [6, 6.07) is 23.8. The van der Waals surface area contributed by atoms with Gasteiger partial charge in [-0.3, -0.25) is 4.98 Å². The number of fused-ring (bicyclic) bond motifs is 4. The summed E-state index contributed by atoms with van der Waals surface area (Å²) in [6.45, 7) is 10.9. The topological polar surface area (TPSA) is 38.7 Å². The first-order chi connectivity index (χ1) is 17.6. The lowest BCUT2D eigenvalue weighted by atomic mass is 9.88. The van der Waals surface area contributed by atoms with Gasteiger partial charge in [-0.05, 0) is 83.5 Å². The molecule has 0 unspecified atom stereocenters. The van der Waals surface area contributed by atoms with Crippen molar-refractivity contribution in [3.8, 4) is 22.4 Å². The van der Waals surface area contributed by atoms with Gasteiger partial charge in [-0.2, -0.15) is 0 Å². The van der Waals surface area contributed by atoms with Crippen molar-refractivity contribution in [3.05, 3.63) is 90.0 Å². The lowest BCUT2D eigenvalue weighted by Crippen LogP contribution is -2.08. The zero-order valence-corrected chi connectivity index (χ0v) is 22.1. The van der Waals surface area contributed by atoms with Crippen LogP contribution in [0.15, 0.2) is 73.0 Å². The number of pyridine rings is 1. The second-order valence-electron chi connectivity index (χ2n) is 10.9. The Balaban J connectivity index is 1.61. The monoisotopic (exact) mass is 488 g/mol. The summed E-state index contributed by atoms with van der Waals surface area (Å²) in [4.78, 5) is 13.8. The van der Waals surface area contributed by atoms with Crippen LogP contribution in [0.3, 0.4) is 0 Å². The number of thiophene rings is 1. The van der Waals surface area contributed by atoms with Crippen molar-refractivity contribution in [3.63, 3.8) is 0 Å². The third-order valence-electron chi connectivity index (χ3n) is 6.53. The summed E-state index contributed by atoms with van der Waals surface area (Å²) in [5.41, 5.74) is 8.51. The standard InChI is InChI=1S/C32H29N3S/c1-19-12-23(13-20(2)35-19)27-16-24(15-22-8-6-7-9-25(22)27)29-31-30(34-18-33-29)26-11-10-21(14-28(26)36-31)17-32(3,4)5/h6-16,18H,17H2,1-5H3/i18D. The number of aromatic nitrogens is 3. The van der Waals surface area contributed by atoms with Crippen molar-refractivity contribution < 1.29 is 1.37 Å². The molecular formula is C32H29N3S. The van der Waals surface area contributed by atoms with Crippen molar-refractivity contribution in [1.82, 2.24) is 15.0 Å². The highest BCUT2D eigenvalue weighted by Crippen LogP contribution is 2.41. The molecule has 0 bridgehead atoms. The van der Waals surface area contributed by atoms with E-state index < -0.39 is 0 Å². The van der Waals surface area contributed by atoms with E-state index in [1.165, 1.54) is 15.6 Å². The number of hydrogen-bond donors (Lipinski definition) is 0. The summed E-state index contributed by atoms with van der Waals surface area (Å²) in [5.74, 6) is 0. The molecule has 36 heavy (non-hydrogen) atoms. The van der Waals surface area contributed by atoms with Crippen LogP contribution in [0.1, 0.15) is 39.1 Å². The average Bonchev–Trinajstić information content (AvgIpc) is 3.18. The second kappa shape index (κ2) is 8.49. The van der Waals surface area contributed by atoms with Gasteiger partial charge in [-0.15, -0.1) is 11.3 Å². The first-order valence-electron chi connectivity index (χ1n) is 12.8.